The SMILES string of the molecule is O=C(NCC(=O)N1CCC2CCCCC2C1)NCc1ccccc1. The molecule has 1 aliphatic heterocycles. The Labute approximate surface area is 143 Å². The summed E-state index contributed by atoms with van der Waals surface area (Å²) in [6, 6.07) is 9.44. The number of fused-ring (bicyclic) bond motifs is 1. The zero-order valence-electron chi connectivity index (χ0n) is 14.2. The van der Waals surface area contributed by atoms with E-state index < -0.39 is 0 Å². The third-order valence-corrected chi connectivity index (χ3v) is 5.34. The van der Waals surface area contributed by atoms with Crippen LogP contribution in [0.4, 0.5) is 4.79 Å². The van der Waals surface area contributed by atoms with Crippen LogP contribution < -0.4 is 10.6 Å². The van der Waals surface area contributed by atoms with Crippen LogP contribution in [0, 0.1) is 11.8 Å². The Balaban J connectivity index is 1.38. The van der Waals surface area contributed by atoms with Crippen LogP contribution in [0.25, 0.3) is 0 Å². The third kappa shape index (κ3) is 4.49. The number of benzene rings is 1. The van der Waals surface area contributed by atoms with Gasteiger partial charge in [-0.3, -0.25) is 4.79 Å². The molecule has 2 aliphatic rings. The Hall–Kier alpha value is -2.04. The zero-order valence-corrected chi connectivity index (χ0v) is 14.2. The number of carbonyl (C=O) groups is 2. The maximum Gasteiger partial charge on any atom is 0.315 e. The molecule has 1 aliphatic carbocycles. The molecule has 1 saturated carbocycles. The number of piperidine rings is 1. The van der Waals surface area contributed by atoms with Crippen LogP contribution in [0.3, 0.4) is 0 Å². The second-order valence-electron chi connectivity index (χ2n) is 6.95. The molecule has 2 fully saturated rings. The topological polar surface area (TPSA) is 61.4 Å². The molecule has 1 aromatic rings. The Morgan fingerprint density at radius 1 is 1.00 bits per heavy atom. The first-order chi connectivity index (χ1) is 11.7. The number of rotatable bonds is 4. The van der Waals surface area contributed by atoms with Crippen molar-refractivity contribution in [1.29, 1.82) is 0 Å². The van der Waals surface area contributed by atoms with Crippen LogP contribution in [-0.2, 0) is 11.3 Å². The number of hydrogen-bond donors (Lipinski definition) is 2. The number of likely N-dealkylation sites (tertiary alicyclic amines) is 1. The molecule has 1 heterocycles. The first-order valence-electron chi connectivity index (χ1n) is 9.06. The van der Waals surface area contributed by atoms with E-state index in [1.54, 1.807) is 0 Å². The van der Waals surface area contributed by atoms with Gasteiger partial charge in [0.15, 0.2) is 0 Å². The van der Waals surface area contributed by atoms with Gasteiger partial charge in [-0.25, -0.2) is 4.79 Å². The van der Waals surface area contributed by atoms with Crippen LogP contribution in [0.1, 0.15) is 37.7 Å². The molecule has 1 saturated heterocycles. The lowest BCUT2D eigenvalue weighted by Gasteiger charge is -2.41. The van der Waals surface area contributed by atoms with Gasteiger partial charge in [-0.05, 0) is 30.2 Å². The van der Waals surface area contributed by atoms with Crippen LogP contribution in [0.5, 0.6) is 0 Å². The summed E-state index contributed by atoms with van der Waals surface area (Å²) in [4.78, 5) is 26.1. The highest BCUT2D eigenvalue weighted by molar-refractivity contribution is 5.84. The van der Waals surface area contributed by atoms with Crippen molar-refractivity contribution in [2.45, 2.75) is 38.6 Å². The molecule has 2 atom stereocenters. The Morgan fingerprint density at radius 2 is 1.75 bits per heavy atom. The van der Waals surface area contributed by atoms with E-state index in [1.807, 2.05) is 35.2 Å². The molecule has 0 bridgehead atoms. The number of amides is 3. The van der Waals surface area contributed by atoms with Crippen LogP contribution >= 0.6 is 0 Å². The monoisotopic (exact) mass is 329 g/mol. The minimum atomic E-state index is -0.292. The van der Waals surface area contributed by atoms with E-state index in [4.69, 9.17) is 0 Å². The van der Waals surface area contributed by atoms with Crippen LogP contribution in [-0.4, -0.2) is 36.5 Å². The fraction of sp³-hybridized carbons (Fsp3) is 0.579. The first kappa shape index (κ1) is 16.8. The molecule has 1 aromatic carbocycles. The molecule has 3 rings (SSSR count). The average molecular weight is 329 g/mol. The van der Waals surface area contributed by atoms with Crippen LogP contribution in [0.15, 0.2) is 30.3 Å². The van der Waals surface area contributed by atoms with Gasteiger partial charge in [0, 0.05) is 19.6 Å². The number of carbonyl (C=O) groups excluding carboxylic acids is 2. The molecule has 0 spiro atoms. The van der Waals surface area contributed by atoms with Gasteiger partial charge in [0.25, 0.3) is 0 Å². The Kier molecular flexibility index (Phi) is 5.72. The quantitative estimate of drug-likeness (QED) is 0.892. The molecule has 5 nitrogen and oxygen atoms in total. The number of nitrogens with zero attached hydrogens (tertiary/aromatic N) is 1. The van der Waals surface area contributed by atoms with Gasteiger partial charge in [0.05, 0.1) is 6.54 Å². The maximum absolute atomic E-state index is 12.3. The summed E-state index contributed by atoms with van der Waals surface area (Å²) in [5.41, 5.74) is 1.04. The lowest BCUT2D eigenvalue weighted by molar-refractivity contribution is -0.133. The summed E-state index contributed by atoms with van der Waals surface area (Å²) < 4.78 is 0. The second-order valence-corrected chi connectivity index (χ2v) is 6.95. The Bertz CT molecular complexity index is 561. The molecule has 2 unspecified atom stereocenters. The van der Waals surface area contributed by atoms with Crippen molar-refractivity contribution in [1.82, 2.24) is 15.5 Å². The van der Waals surface area contributed by atoms with Crippen molar-refractivity contribution in [2.24, 2.45) is 11.8 Å². The molecule has 0 aromatic heterocycles. The van der Waals surface area contributed by atoms with Crippen molar-refractivity contribution < 1.29 is 9.59 Å². The van der Waals surface area contributed by atoms with E-state index >= 15 is 0 Å². The zero-order chi connectivity index (χ0) is 16.8. The minimum Gasteiger partial charge on any atom is -0.341 e. The van der Waals surface area contributed by atoms with E-state index in [0.717, 1.165) is 31.0 Å². The van der Waals surface area contributed by atoms with Crippen molar-refractivity contribution in [3.05, 3.63) is 35.9 Å². The van der Waals surface area contributed by atoms with Crippen molar-refractivity contribution in [2.75, 3.05) is 19.6 Å². The lowest BCUT2D eigenvalue weighted by Crippen LogP contribution is -2.49. The van der Waals surface area contributed by atoms with Gasteiger partial charge in [-0.15, -0.1) is 0 Å². The van der Waals surface area contributed by atoms with E-state index in [-0.39, 0.29) is 18.5 Å². The molecular formula is C19H27N3O2. The largest absolute Gasteiger partial charge is 0.341 e. The summed E-state index contributed by atoms with van der Waals surface area (Å²) in [6.45, 7) is 2.26. The highest BCUT2D eigenvalue weighted by atomic mass is 16.2. The molecule has 0 radical (unpaired) electrons. The highest BCUT2D eigenvalue weighted by Gasteiger charge is 2.32. The van der Waals surface area contributed by atoms with Gasteiger partial charge < -0.3 is 15.5 Å². The van der Waals surface area contributed by atoms with Gasteiger partial charge in [-0.2, -0.15) is 0 Å². The molecule has 3 amide bonds. The summed E-state index contributed by atoms with van der Waals surface area (Å²) in [7, 11) is 0. The smallest absolute Gasteiger partial charge is 0.315 e. The number of nitrogens with one attached hydrogen (secondary N) is 2. The van der Waals surface area contributed by atoms with E-state index in [9.17, 15) is 9.59 Å². The fourth-order valence-electron chi connectivity index (χ4n) is 3.94. The van der Waals surface area contributed by atoms with Crippen molar-refractivity contribution in [3.63, 3.8) is 0 Å². The average Bonchev–Trinajstić information content (AvgIpc) is 2.65. The van der Waals surface area contributed by atoms with Gasteiger partial charge in [0.1, 0.15) is 0 Å². The lowest BCUT2D eigenvalue weighted by atomic mass is 9.75. The summed E-state index contributed by atoms with van der Waals surface area (Å²) in [6.07, 6.45) is 6.34. The minimum absolute atomic E-state index is 0.0360. The fourth-order valence-corrected chi connectivity index (χ4v) is 3.94. The van der Waals surface area contributed by atoms with Gasteiger partial charge >= 0.3 is 6.03 Å². The molecule has 2 N–H and O–H groups in total. The van der Waals surface area contributed by atoms with E-state index in [2.05, 4.69) is 10.6 Å². The van der Waals surface area contributed by atoms with Crippen molar-refractivity contribution in [3.8, 4) is 0 Å². The predicted molar refractivity (Wildman–Crippen MR) is 93.3 cm³/mol. The van der Waals surface area contributed by atoms with Crippen molar-refractivity contribution >= 4 is 11.9 Å². The summed E-state index contributed by atoms with van der Waals surface area (Å²) in [5.74, 6) is 1.52. The van der Waals surface area contributed by atoms with Crippen LogP contribution in [0.2, 0.25) is 0 Å². The normalized spacial score (nSPS) is 23.2. The van der Waals surface area contributed by atoms with Gasteiger partial charge in [-0.1, -0.05) is 49.6 Å². The number of urea groups is 1. The molecule has 24 heavy (non-hydrogen) atoms. The number of hydrogen-bond acceptors (Lipinski definition) is 2. The highest BCUT2D eigenvalue weighted by Crippen LogP contribution is 2.35. The molecular weight excluding hydrogens is 302 g/mol. The predicted octanol–water partition coefficient (Wildman–Crippen LogP) is 2.52. The first-order valence-corrected chi connectivity index (χ1v) is 9.06. The summed E-state index contributed by atoms with van der Waals surface area (Å²) in [5, 5.41) is 5.46. The second kappa shape index (κ2) is 8.18. The summed E-state index contributed by atoms with van der Waals surface area (Å²) >= 11 is 0. The standard InChI is InChI=1S/C19H27N3O2/c23-18(22-11-10-16-8-4-5-9-17(16)14-22)13-21-19(24)20-12-15-6-2-1-3-7-15/h1-3,6-7,16-17H,4-5,8-14H2,(H2,20,21,24). The Morgan fingerprint density at radius 3 is 2.54 bits per heavy atom. The van der Waals surface area contributed by atoms with E-state index in [0.29, 0.717) is 12.5 Å². The molecule has 130 valence electrons. The molecule has 5 heteroatoms. The van der Waals surface area contributed by atoms with Gasteiger partial charge in [0.2, 0.25) is 5.91 Å². The van der Waals surface area contributed by atoms with E-state index in [1.165, 1.54) is 25.7 Å². The maximum atomic E-state index is 12.3. The third-order valence-electron chi connectivity index (χ3n) is 5.34.